The molecule has 1 aliphatic carbocycles. The van der Waals surface area contributed by atoms with Crippen molar-refractivity contribution in [2.45, 2.75) is 12.5 Å². The number of hydrogen-bond acceptors (Lipinski definition) is 4. The van der Waals surface area contributed by atoms with Gasteiger partial charge in [-0.15, -0.1) is 0 Å². The maximum absolute atomic E-state index is 12.2. The second-order valence-electron chi connectivity index (χ2n) is 7.34. The van der Waals surface area contributed by atoms with Crippen molar-refractivity contribution in [3.63, 3.8) is 0 Å². The molecule has 2 N–H and O–H groups in total. The fourth-order valence-corrected chi connectivity index (χ4v) is 3.98. The van der Waals surface area contributed by atoms with Gasteiger partial charge in [0.15, 0.2) is 0 Å². The van der Waals surface area contributed by atoms with Crippen molar-refractivity contribution in [3.05, 3.63) is 95.1 Å². The lowest BCUT2D eigenvalue weighted by Gasteiger charge is -2.14. The zero-order valence-corrected chi connectivity index (χ0v) is 17.4. The average Bonchev–Trinajstić information content (AvgIpc) is 3.14. The molecule has 4 rings (SSSR count). The molecule has 0 saturated carbocycles. The largest absolute Gasteiger partial charge is 0.496 e. The number of benzene rings is 3. The van der Waals surface area contributed by atoms with Gasteiger partial charge in [-0.1, -0.05) is 72.8 Å². The van der Waals surface area contributed by atoms with Crippen LogP contribution in [-0.4, -0.2) is 31.5 Å². The lowest BCUT2D eigenvalue weighted by atomic mass is 9.98. The number of carbonyl (C=O) groups is 1. The number of ether oxygens (including phenoxy) is 2. The van der Waals surface area contributed by atoms with E-state index in [0.29, 0.717) is 18.9 Å². The number of methoxy groups -OCH3 is 1. The first kappa shape index (κ1) is 20.7. The van der Waals surface area contributed by atoms with Gasteiger partial charge in [0, 0.05) is 18.0 Å². The molecule has 0 spiro atoms. The predicted molar refractivity (Wildman–Crippen MR) is 121 cm³/mol. The van der Waals surface area contributed by atoms with E-state index in [1.807, 2.05) is 54.6 Å². The molecule has 3 aromatic rings. The molecule has 0 fully saturated rings. The summed E-state index contributed by atoms with van der Waals surface area (Å²) in [5.74, 6) is 0.681. The Morgan fingerprint density at radius 1 is 1.03 bits per heavy atom. The fourth-order valence-electron chi connectivity index (χ4n) is 3.98. The third-order valence-electron chi connectivity index (χ3n) is 5.50. The Labute approximate surface area is 182 Å². The molecule has 1 amide bonds. The summed E-state index contributed by atoms with van der Waals surface area (Å²) in [7, 11) is 1.57. The standard InChI is InChI=1S/C26H25NO4/c1-30-25-15-18(12-13-19(25)16-28)7-6-14-27-26(29)31-17-24-22-10-4-2-8-20(22)21-9-3-5-11-23(21)24/h2-13,15,24,28H,14,16-17H2,1H3,(H,27,29). The topological polar surface area (TPSA) is 67.8 Å². The first-order chi connectivity index (χ1) is 15.2. The van der Waals surface area contributed by atoms with Crippen LogP contribution in [0.5, 0.6) is 5.75 Å². The number of carbonyl (C=O) groups excluding carboxylic acids is 1. The molecular formula is C26H25NO4. The van der Waals surface area contributed by atoms with Crippen molar-refractivity contribution in [2.75, 3.05) is 20.3 Å². The molecule has 0 saturated heterocycles. The van der Waals surface area contributed by atoms with Gasteiger partial charge in [0.1, 0.15) is 12.4 Å². The van der Waals surface area contributed by atoms with Gasteiger partial charge < -0.3 is 19.9 Å². The Morgan fingerprint density at radius 2 is 1.71 bits per heavy atom. The van der Waals surface area contributed by atoms with Crippen LogP contribution < -0.4 is 10.1 Å². The molecule has 0 aromatic heterocycles. The number of nitrogens with one attached hydrogen (secondary N) is 1. The van der Waals surface area contributed by atoms with E-state index in [1.165, 1.54) is 22.3 Å². The maximum Gasteiger partial charge on any atom is 0.407 e. The minimum absolute atomic E-state index is 0.0474. The highest BCUT2D eigenvalue weighted by atomic mass is 16.5. The van der Waals surface area contributed by atoms with Gasteiger partial charge in [-0.2, -0.15) is 0 Å². The smallest absolute Gasteiger partial charge is 0.407 e. The molecular weight excluding hydrogens is 390 g/mol. The van der Waals surface area contributed by atoms with Crippen molar-refractivity contribution >= 4 is 12.2 Å². The molecule has 0 bridgehead atoms. The lowest BCUT2D eigenvalue weighted by Crippen LogP contribution is -2.26. The van der Waals surface area contributed by atoms with Crippen molar-refractivity contribution in [3.8, 4) is 16.9 Å². The number of fused-ring (bicyclic) bond motifs is 3. The van der Waals surface area contributed by atoms with E-state index >= 15 is 0 Å². The molecule has 0 radical (unpaired) electrons. The molecule has 1 aliphatic rings. The Balaban J connectivity index is 1.32. The van der Waals surface area contributed by atoms with E-state index in [4.69, 9.17) is 9.47 Å². The van der Waals surface area contributed by atoms with Crippen LogP contribution in [0.3, 0.4) is 0 Å². The van der Waals surface area contributed by atoms with Crippen molar-refractivity contribution < 1.29 is 19.4 Å². The zero-order chi connectivity index (χ0) is 21.6. The van der Waals surface area contributed by atoms with E-state index < -0.39 is 6.09 Å². The van der Waals surface area contributed by atoms with E-state index in [0.717, 1.165) is 11.1 Å². The summed E-state index contributed by atoms with van der Waals surface area (Å²) in [5, 5.41) is 12.1. The minimum atomic E-state index is -0.445. The lowest BCUT2D eigenvalue weighted by molar-refractivity contribution is 0.144. The minimum Gasteiger partial charge on any atom is -0.496 e. The van der Waals surface area contributed by atoms with Gasteiger partial charge in [0.25, 0.3) is 0 Å². The second-order valence-corrected chi connectivity index (χ2v) is 7.34. The summed E-state index contributed by atoms with van der Waals surface area (Å²) in [6.07, 6.45) is 3.28. The second kappa shape index (κ2) is 9.49. The van der Waals surface area contributed by atoms with E-state index in [9.17, 15) is 9.90 Å². The van der Waals surface area contributed by atoms with Crippen LogP contribution in [0.15, 0.2) is 72.8 Å². The Morgan fingerprint density at radius 3 is 2.35 bits per heavy atom. The molecule has 0 heterocycles. The van der Waals surface area contributed by atoms with Gasteiger partial charge in [-0.3, -0.25) is 0 Å². The molecule has 31 heavy (non-hydrogen) atoms. The summed E-state index contributed by atoms with van der Waals surface area (Å²) < 4.78 is 10.8. The molecule has 5 heteroatoms. The Kier molecular flexibility index (Phi) is 6.34. The quantitative estimate of drug-likeness (QED) is 0.585. The average molecular weight is 415 g/mol. The van der Waals surface area contributed by atoms with Crippen LogP contribution in [0, 0.1) is 0 Å². The van der Waals surface area contributed by atoms with Crippen molar-refractivity contribution in [2.24, 2.45) is 0 Å². The van der Waals surface area contributed by atoms with E-state index in [2.05, 4.69) is 29.6 Å². The maximum atomic E-state index is 12.2. The van der Waals surface area contributed by atoms with Gasteiger partial charge in [0.05, 0.1) is 13.7 Å². The molecule has 0 atom stereocenters. The number of alkyl carbamates (subject to hydrolysis) is 1. The SMILES string of the molecule is COc1cc(C=CCNC(=O)OCC2c3ccccc3-c3ccccc32)ccc1CO. The number of amides is 1. The summed E-state index contributed by atoms with van der Waals surface area (Å²) in [4.78, 5) is 12.2. The molecule has 5 nitrogen and oxygen atoms in total. The van der Waals surface area contributed by atoms with E-state index in [1.54, 1.807) is 7.11 Å². The Hall–Kier alpha value is -3.57. The van der Waals surface area contributed by atoms with Crippen LogP contribution in [-0.2, 0) is 11.3 Å². The summed E-state index contributed by atoms with van der Waals surface area (Å²) in [5.41, 5.74) is 6.45. The number of aliphatic hydroxyl groups excluding tert-OH is 1. The van der Waals surface area contributed by atoms with Crippen LogP contribution in [0.1, 0.15) is 28.2 Å². The first-order valence-electron chi connectivity index (χ1n) is 10.2. The Bertz CT molecular complexity index is 1060. The number of rotatable bonds is 7. The van der Waals surface area contributed by atoms with Gasteiger partial charge in [0.2, 0.25) is 0 Å². The van der Waals surface area contributed by atoms with Gasteiger partial charge in [-0.05, 0) is 33.9 Å². The summed E-state index contributed by atoms with van der Waals surface area (Å²) in [6, 6.07) is 22.1. The van der Waals surface area contributed by atoms with Gasteiger partial charge in [-0.25, -0.2) is 4.79 Å². The number of hydrogen-bond donors (Lipinski definition) is 2. The van der Waals surface area contributed by atoms with E-state index in [-0.39, 0.29) is 12.5 Å². The molecule has 158 valence electrons. The molecule has 3 aromatic carbocycles. The fraction of sp³-hybridized carbons (Fsp3) is 0.192. The van der Waals surface area contributed by atoms with Gasteiger partial charge >= 0.3 is 6.09 Å². The van der Waals surface area contributed by atoms with Crippen LogP contribution in [0.4, 0.5) is 4.79 Å². The summed E-state index contributed by atoms with van der Waals surface area (Å²) in [6.45, 7) is 0.570. The van der Waals surface area contributed by atoms with Crippen LogP contribution >= 0.6 is 0 Å². The van der Waals surface area contributed by atoms with Crippen LogP contribution in [0.25, 0.3) is 17.2 Å². The van der Waals surface area contributed by atoms with Crippen molar-refractivity contribution in [1.82, 2.24) is 5.32 Å². The highest BCUT2D eigenvalue weighted by Gasteiger charge is 2.28. The van der Waals surface area contributed by atoms with Crippen LogP contribution in [0.2, 0.25) is 0 Å². The summed E-state index contributed by atoms with van der Waals surface area (Å²) >= 11 is 0. The number of aliphatic hydroxyl groups is 1. The zero-order valence-electron chi connectivity index (χ0n) is 17.4. The monoisotopic (exact) mass is 415 g/mol. The molecule has 0 aliphatic heterocycles. The highest BCUT2D eigenvalue weighted by Crippen LogP contribution is 2.44. The highest BCUT2D eigenvalue weighted by molar-refractivity contribution is 5.79. The third kappa shape index (κ3) is 4.47. The van der Waals surface area contributed by atoms with Crippen molar-refractivity contribution in [1.29, 1.82) is 0 Å². The third-order valence-corrected chi connectivity index (χ3v) is 5.50. The molecule has 0 unspecified atom stereocenters. The first-order valence-corrected chi connectivity index (χ1v) is 10.2. The predicted octanol–water partition coefficient (Wildman–Crippen LogP) is 4.74. The normalized spacial score (nSPS) is 12.5.